The maximum absolute atomic E-state index is 12.4. The molecule has 130 valence electrons. The van der Waals surface area contributed by atoms with E-state index in [9.17, 15) is 4.79 Å². The number of rotatable bonds is 6. The molecule has 0 bridgehead atoms. The van der Waals surface area contributed by atoms with E-state index < -0.39 is 0 Å². The molecule has 2 amide bonds. The van der Waals surface area contributed by atoms with Crippen molar-refractivity contribution in [1.29, 1.82) is 0 Å². The quantitative estimate of drug-likeness (QED) is 0.721. The minimum Gasteiger partial charge on any atom is -0.467 e. The molecule has 0 radical (unpaired) electrons. The molecule has 0 unspecified atom stereocenters. The predicted octanol–water partition coefficient (Wildman–Crippen LogP) is 3.28. The van der Waals surface area contributed by atoms with Crippen LogP contribution >= 0.6 is 0 Å². The maximum atomic E-state index is 12.4. The lowest BCUT2D eigenvalue weighted by atomic mass is 10.2. The van der Waals surface area contributed by atoms with Gasteiger partial charge < -0.3 is 14.5 Å². The van der Waals surface area contributed by atoms with Crippen LogP contribution in [0.25, 0.3) is 5.69 Å². The van der Waals surface area contributed by atoms with Gasteiger partial charge in [0.1, 0.15) is 17.6 Å². The number of methoxy groups -OCH3 is 1. The number of carbonyl (C=O) groups excluding carboxylic acids is 1. The lowest BCUT2D eigenvalue weighted by Gasteiger charge is -2.17. The molecule has 2 heterocycles. The Kier molecular flexibility index (Phi) is 5.15. The van der Waals surface area contributed by atoms with E-state index in [2.05, 4.69) is 15.7 Å². The molecule has 0 aliphatic heterocycles. The highest BCUT2D eigenvalue weighted by Crippen LogP contribution is 2.19. The highest BCUT2D eigenvalue weighted by atomic mass is 16.5. The molecule has 0 saturated carbocycles. The molecule has 3 rings (SSSR count). The lowest BCUT2D eigenvalue weighted by molar-refractivity contribution is 0.159. The van der Waals surface area contributed by atoms with E-state index in [1.807, 2.05) is 31.2 Å². The average Bonchev–Trinajstić information content (AvgIpc) is 3.27. The number of nitrogens with one attached hydrogen (secondary N) is 2. The number of aryl methyl sites for hydroxylation is 1. The van der Waals surface area contributed by atoms with Gasteiger partial charge in [0, 0.05) is 13.2 Å². The van der Waals surface area contributed by atoms with Crippen LogP contribution in [0.1, 0.15) is 17.4 Å². The molecular formula is C18H20N4O3. The Morgan fingerprint density at radius 3 is 2.84 bits per heavy atom. The number of carbonyl (C=O) groups is 1. The summed E-state index contributed by atoms with van der Waals surface area (Å²) in [7, 11) is 1.57. The molecule has 1 aromatic carbocycles. The second kappa shape index (κ2) is 7.67. The van der Waals surface area contributed by atoms with Crippen molar-refractivity contribution >= 4 is 11.8 Å². The van der Waals surface area contributed by atoms with Crippen LogP contribution in [0, 0.1) is 6.92 Å². The van der Waals surface area contributed by atoms with Gasteiger partial charge in [-0.3, -0.25) is 5.32 Å². The number of nitrogens with zero attached hydrogens (tertiary/aromatic N) is 2. The van der Waals surface area contributed by atoms with E-state index in [0.717, 1.165) is 11.3 Å². The van der Waals surface area contributed by atoms with E-state index in [0.29, 0.717) is 18.2 Å². The van der Waals surface area contributed by atoms with Gasteiger partial charge in [-0.25, -0.2) is 9.48 Å². The fourth-order valence-corrected chi connectivity index (χ4v) is 2.55. The van der Waals surface area contributed by atoms with Gasteiger partial charge in [-0.15, -0.1) is 0 Å². The van der Waals surface area contributed by atoms with Crippen molar-refractivity contribution in [3.05, 3.63) is 66.2 Å². The van der Waals surface area contributed by atoms with Crippen molar-refractivity contribution in [3.8, 4) is 5.69 Å². The van der Waals surface area contributed by atoms with Gasteiger partial charge in [-0.2, -0.15) is 5.10 Å². The Hall–Kier alpha value is -3.06. The van der Waals surface area contributed by atoms with Gasteiger partial charge >= 0.3 is 6.03 Å². The second-order valence-electron chi connectivity index (χ2n) is 5.54. The molecule has 0 saturated heterocycles. The summed E-state index contributed by atoms with van der Waals surface area (Å²) in [4.78, 5) is 12.4. The van der Waals surface area contributed by atoms with Crippen molar-refractivity contribution in [2.45, 2.75) is 13.0 Å². The highest BCUT2D eigenvalue weighted by molar-refractivity contribution is 5.88. The van der Waals surface area contributed by atoms with E-state index in [1.54, 1.807) is 42.5 Å². The number of hydrogen-bond donors (Lipinski definition) is 2. The number of amides is 2. The van der Waals surface area contributed by atoms with Crippen LogP contribution in [0.3, 0.4) is 0 Å². The lowest BCUT2D eigenvalue weighted by Crippen LogP contribution is -2.35. The summed E-state index contributed by atoms with van der Waals surface area (Å²) >= 11 is 0. The third-order valence-corrected chi connectivity index (χ3v) is 3.75. The third kappa shape index (κ3) is 3.89. The van der Waals surface area contributed by atoms with Crippen LogP contribution < -0.4 is 10.6 Å². The summed E-state index contributed by atoms with van der Waals surface area (Å²) in [6.45, 7) is 2.30. The van der Waals surface area contributed by atoms with Crippen molar-refractivity contribution in [2.24, 2.45) is 0 Å². The first-order valence-corrected chi connectivity index (χ1v) is 7.89. The summed E-state index contributed by atoms with van der Waals surface area (Å²) in [5.74, 6) is 1.20. The van der Waals surface area contributed by atoms with Gasteiger partial charge in [0.15, 0.2) is 0 Å². The molecule has 2 aromatic heterocycles. The standard InChI is InChI=1S/C18H20N4O3/c1-13-6-3-4-7-15(13)22-17(9-10-19-22)21-18(23)20-14(12-24-2)16-8-5-11-25-16/h3-11,14H,12H2,1-2H3,(H2,20,21,23)/t14-/m0/s1. The van der Waals surface area contributed by atoms with E-state index >= 15 is 0 Å². The fraction of sp³-hybridized carbons (Fsp3) is 0.222. The van der Waals surface area contributed by atoms with Crippen LogP contribution in [-0.2, 0) is 4.74 Å². The van der Waals surface area contributed by atoms with Crippen molar-refractivity contribution in [1.82, 2.24) is 15.1 Å². The van der Waals surface area contributed by atoms with Gasteiger partial charge in [0.25, 0.3) is 0 Å². The molecule has 0 fully saturated rings. The van der Waals surface area contributed by atoms with Crippen LogP contribution in [0.5, 0.6) is 0 Å². The van der Waals surface area contributed by atoms with Gasteiger partial charge in [0.2, 0.25) is 0 Å². The summed E-state index contributed by atoms with van der Waals surface area (Å²) in [5, 5.41) is 9.96. The van der Waals surface area contributed by atoms with Gasteiger partial charge in [-0.1, -0.05) is 18.2 Å². The minimum atomic E-state index is -0.380. The fourth-order valence-electron chi connectivity index (χ4n) is 2.55. The number of hydrogen-bond acceptors (Lipinski definition) is 4. The second-order valence-corrected chi connectivity index (χ2v) is 5.54. The summed E-state index contributed by atoms with van der Waals surface area (Å²) in [6, 6.07) is 12.4. The molecule has 0 spiro atoms. The van der Waals surface area contributed by atoms with Crippen LogP contribution in [0.15, 0.2) is 59.3 Å². The summed E-state index contributed by atoms with van der Waals surface area (Å²) in [5.41, 5.74) is 1.96. The number of benzene rings is 1. The molecule has 3 aromatic rings. The first-order valence-electron chi connectivity index (χ1n) is 7.89. The predicted molar refractivity (Wildman–Crippen MR) is 93.8 cm³/mol. The molecule has 2 N–H and O–H groups in total. The minimum absolute atomic E-state index is 0.304. The van der Waals surface area contributed by atoms with E-state index in [1.165, 1.54) is 0 Å². The first-order chi connectivity index (χ1) is 12.2. The normalized spacial score (nSPS) is 11.9. The number of urea groups is 1. The molecule has 7 nitrogen and oxygen atoms in total. The van der Waals surface area contributed by atoms with Crippen LogP contribution in [-0.4, -0.2) is 29.5 Å². The SMILES string of the molecule is COC[C@H](NC(=O)Nc1ccnn1-c1ccccc1C)c1ccco1. The highest BCUT2D eigenvalue weighted by Gasteiger charge is 2.18. The monoisotopic (exact) mass is 340 g/mol. The zero-order chi connectivity index (χ0) is 17.6. The Balaban J connectivity index is 1.74. The van der Waals surface area contributed by atoms with E-state index in [-0.39, 0.29) is 12.1 Å². The van der Waals surface area contributed by atoms with Crippen LogP contribution in [0.2, 0.25) is 0 Å². The Morgan fingerprint density at radius 2 is 2.12 bits per heavy atom. The van der Waals surface area contributed by atoms with Gasteiger partial charge in [-0.05, 0) is 30.7 Å². The van der Waals surface area contributed by atoms with Crippen molar-refractivity contribution in [3.63, 3.8) is 0 Å². The maximum Gasteiger partial charge on any atom is 0.321 e. The number of anilines is 1. The third-order valence-electron chi connectivity index (χ3n) is 3.75. The molecule has 0 aliphatic carbocycles. The summed E-state index contributed by atoms with van der Waals surface area (Å²) in [6.07, 6.45) is 3.20. The largest absolute Gasteiger partial charge is 0.467 e. The summed E-state index contributed by atoms with van der Waals surface area (Å²) < 4.78 is 12.2. The molecule has 7 heteroatoms. The number of ether oxygens (including phenoxy) is 1. The smallest absolute Gasteiger partial charge is 0.321 e. The van der Waals surface area contributed by atoms with Crippen molar-refractivity contribution < 1.29 is 13.9 Å². The Morgan fingerprint density at radius 1 is 1.28 bits per heavy atom. The van der Waals surface area contributed by atoms with Crippen LogP contribution in [0.4, 0.5) is 10.6 Å². The number of aromatic nitrogens is 2. The van der Waals surface area contributed by atoms with E-state index in [4.69, 9.17) is 9.15 Å². The zero-order valence-corrected chi connectivity index (χ0v) is 14.1. The van der Waals surface area contributed by atoms with Gasteiger partial charge in [0.05, 0.1) is 24.8 Å². The Bertz CT molecular complexity index is 826. The molecule has 25 heavy (non-hydrogen) atoms. The Labute approximate surface area is 145 Å². The number of furan rings is 1. The van der Waals surface area contributed by atoms with Crippen molar-refractivity contribution in [2.75, 3.05) is 19.0 Å². The number of para-hydroxylation sites is 1. The zero-order valence-electron chi connectivity index (χ0n) is 14.1. The topological polar surface area (TPSA) is 81.3 Å². The molecule has 1 atom stereocenters. The first kappa shape index (κ1) is 16.8. The average molecular weight is 340 g/mol. The molecule has 0 aliphatic rings. The molecular weight excluding hydrogens is 320 g/mol.